The number of rotatable bonds is 14. The third-order valence-electron chi connectivity index (χ3n) is 4.32. The lowest BCUT2D eigenvalue weighted by molar-refractivity contribution is -0.122. The number of amides is 1. The van der Waals surface area contributed by atoms with Crippen LogP contribution in [0.25, 0.3) is 0 Å². The summed E-state index contributed by atoms with van der Waals surface area (Å²) >= 11 is 0. The number of hydrogen-bond acceptors (Lipinski definition) is 2. The average Bonchev–Trinajstić information content (AvgIpc) is 2.44. The molecule has 3 heteroatoms. The van der Waals surface area contributed by atoms with Gasteiger partial charge in [0.05, 0.1) is 0 Å². The SMILES string of the molecule is CCCCCCCCCCCC(=O)NC(CCC)C(C)(C)N. The van der Waals surface area contributed by atoms with Crippen molar-refractivity contribution in [3.8, 4) is 0 Å². The highest BCUT2D eigenvalue weighted by molar-refractivity contribution is 5.76. The molecule has 1 unspecified atom stereocenters. The highest BCUT2D eigenvalue weighted by atomic mass is 16.1. The summed E-state index contributed by atoms with van der Waals surface area (Å²) < 4.78 is 0. The maximum Gasteiger partial charge on any atom is 0.220 e. The Balaban J connectivity index is 3.64. The number of carbonyl (C=O) groups excluding carboxylic acids is 1. The molecule has 132 valence electrons. The van der Waals surface area contributed by atoms with Crippen LogP contribution in [0.4, 0.5) is 0 Å². The monoisotopic (exact) mass is 312 g/mol. The second kappa shape index (κ2) is 12.9. The molecule has 1 amide bonds. The molecule has 0 aliphatic carbocycles. The molecule has 0 aromatic rings. The van der Waals surface area contributed by atoms with Crippen molar-refractivity contribution in [2.24, 2.45) is 5.73 Å². The van der Waals surface area contributed by atoms with E-state index < -0.39 is 0 Å². The molecule has 0 saturated carbocycles. The summed E-state index contributed by atoms with van der Waals surface area (Å²) in [6.07, 6.45) is 14.2. The van der Waals surface area contributed by atoms with Gasteiger partial charge in [-0.15, -0.1) is 0 Å². The van der Waals surface area contributed by atoms with Crippen molar-refractivity contribution in [1.29, 1.82) is 0 Å². The molecular weight excluding hydrogens is 272 g/mol. The molecule has 0 aliphatic heterocycles. The molecule has 0 aromatic carbocycles. The van der Waals surface area contributed by atoms with Crippen LogP contribution in [0.5, 0.6) is 0 Å². The Morgan fingerprint density at radius 1 is 0.909 bits per heavy atom. The van der Waals surface area contributed by atoms with Crippen LogP contribution in [0.1, 0.15) is 105 Å². The molecule has 0 heterocycles. The maximum absolute atomic E-state index is 12.0. The molecular formula is C19H40N2O. The van der Waals surface area contributed by atoms with Crippen molar-refractivity contribution in [2.75, 3.05) is 0 Å². The molecule has 0 rings (SSSR count). The first-order valence-corrected chi connectivity index (χ1v) is 9.50. The molecule has 3 nitrogen and oxygen atoms in total. The Hall–Kier alpha value is -0.570. The van der Waals surface area contributed by atoms with E-state index in [2.05, 4.69) is 19.2 Å². The lowest BCUT2D eigenvalue weighted by Gasteiger charge is -2.31. The third kappa shape index (κ3) is 12.0. The Morgan fingerprint density at radius 2 is 1.41 bits per heavy atom. The topological polar surface area (TPSA) is 55.1 Å². The number of nitrogens with one attached hydrogen (secondary N) is 1. The van der Waals surface area contributed by atoms with E-state index in [1.807, 2.05) is 13.8 Å². The molecule has 0 aliphatic rings. The summed E-state index contributed by atoms with van der Waals surface area (Å²) in [7, 11) is 0. The van der Waals surface area contributed by atoms with E-state index in [0.29, 0.717) is 6.42 Å². The first kappa shape index (κ1) is 21.4. The zero-order valence-electron chi connectivity index (χ0n) is 15.5. The van der Waals surface area contributed by atoms with Crippen molar-refractivity contribution in [1.82, 2.24) is 5.32 Å². The summed E-state index contributed by atoms with van der Waals surface area (Å²) in [6.45, 7) is 8.37. The Kier molecular flexibility index (Phi) is 12.6. The predicted molar refractivity (Wildman–Crippen MR) is 96.9 cm³/mol. The van der Waals surface area contributed by atoms with Gasteiger partial charge >= 0.3 is 0 Å². The van der Waals surface area contributed by atoms with E-state index in [1.54, 1.807) is 0 Å². The van der Waals surface area contributed by atoms with Gasteiger partial charge in [0.15, 0.2) is 0 Å². The zero-order chi connectivity index (χ0) is 16.8. The predicted octanol–water partition coefficient (Wildman–Crippen LogP) is 4.93. The van der Waals surface area contributed by atoms with E-state index in [9.17, 15) is 4.79 Å². The summed E-state index contributed by atoms with van der Waals surface area (Å²) in [5.41, 5.74) is 5.80. The van der Waals surface area contributed by atoms with Gasteiger partial charge in [0.1, 0.15) is 0 Å². The summed E-state index contributed by atoms with van der Waals surface area (Å²) in [4.78, 5) is 12.0. The van der Waals surface area contributed by atoms with E-state index in [4.69, 9.17) is 5.73 Å². The summed E-state index contributed by atoms with van der Waals surface area (Å²) in [5.74, 6) is 0.167. The fourth-order valence-electron chi connectivity index (χ4n) is 2.78. The fraction of sp³-hybridized carbons (Fsp3) is 0.947. The molecule has 0 radical (unpaired) electrons. The Morgan fingerprint density at radius 3 is 1.86 bits per heavy atom. The van der Waals surface area contributed by atoms with Gasteiger partial charge in [-0.05, 0) is 26.7 Å². The molecule has 0 spiro atoms. The molecule has 22 heavy (non-hydrogen) atoms. The maximum atomic E-state index is 12.0. The normalized spacial score (nSPS) is 13.1. The van der Waals surface area contributed by atoms with Crippen LogP contribution in [-0.4, -0.2) is 17.5 Å². The van der Waals surface area contributed by atoms with E-state index in [1.165, 1.54) is 51.4 Å². The lowest BCUT2D eigenvalue weighted by Crippen LogP contribution is -2.54. The van der Waals surface area contributed by atoms with Crippen molar-refractivity contribution in [2.45, 2.75) is 116 Å². The smallest absolute Gasteiger partial charge is 0.220 e. The Bertz CT molecular complexity index is 271. The quantitative estimate of drug-likeness (QED) is 0.447. The van der Waals surface area contributed by atoms with Gasteiger partial charge in [0.2, 0.25) is 5.91 Å². The van der Waals surface area contributed by atoms with Crippen molar-refractivity contribution in [3.63, 3.8) is 0 Å². The number of unbranched alkanes of at least 4 members (excludes halogenated alkanes) is 8. The second-order valence-corrected chi connectivity index (χ2v) is 7.31. The van der Waals surface area contributed by atoms with Gasteiger partial charge in [-0.3, -0.25) is 4.79 Å². The Labute approximate surface area is 138 Å². The second-order valence-electron chi connectivity index (χ2n) is 7.31. The van der Waals surface area contributed by atoms with Crippen molar-refractivity contribution < 1.29 is 4.79 Å². The molecule has 0 fully saturated rings. The van der Waals surface area contributed by atoms with Crippen LogP contribution >= 0.6 is 0 Å². The third-order valence-corrected chi connectivity index (χ3v) is 4.32. The van der Waals surface area contributed by atoms with Crippen molar-refractivity contribution in [3.05, 3.63) is 0 Å². The first-order valence-electron chi connectivity index (χ1n) is 9.50. The van der Waals surface area contributed by atoms with Gasteiger partial charge in [0, 0.05) is 18.0 Å². The largest absolute Gasteiger partial charge is 0.352 e. The molecule has 0 aromatic heterocycles. The van der Waals surface area contributed by atoms with Crippen molar-refractivity contribution >= 4 is 5.91 Å². The highest BCUT2D eigenvalue weighted by Crippen LogP contribution is 2.13. The lowest BCUT2D eigenvalue weighted by atomic mass is 9.92. The first-order chi connectivity index (χ1) is 10.4. The average molecular weight is 313 g/mol. The standard InChI is InChI=1S/C19H40N2O/c1-5-7-8-9-10-11-12-13-14-16-18(22)21-17(15-6-2)19(3,4)20/h17H,5-16,20H2,1-4H3,(H,21,22). The number of carbonyl (C=O) groups is 1. The van der Waals surface area contributed by atoms with Crippen LogP contribution in [0, 0.1) is 0 Å². The van der Waals surface area contributed by atoms with Gasteiger partial charge in [-0.2, -0.15) is 0 Å². The van der Waals surface area contributed by atoms with Crippen LogP contribution in [-0.2, 0) is 4.79 Å². The number of hydrogen-bond donors (Lipinski definition) is 2. The molecule has 0 bridgehead atoms. The minimum Gasteiger partial charge on any atom is -0.352 e. The van der Waals surface area contributed by atoms with E-state index >= 15 is 0 Å². The fourth-order valence-corrected chi connectivity index (χ4v) is 2.78. The minimum atomic E-state index is -0.343. The van der Waals surface area contributed by atoms with E-state index in [0.717, 1.165) is 19.3 Å². The van der Waals surface area contributed by atoms with Crippen LogP contribution < -0.4 is 11.1 Å². The molecule has 0 saturated heterocycles. The van der Waals surface area contributed by atoms with E-state index in [-0.39, 0.29) is 17.5 Å². The highest BCUT2D eigenvalue weighted by Gasteiger charge is 2.25. The van der Waals surface area contributed by atoms with Crippen LogP contribution in [0.3, 0.4) is 0 Å². The van der Waals surface area contributed by atoms with Gasteiger partial charge in [-0.25, -0.2) is 0 Å². The summed E-state index contributed by atoms with van der Waals surface area (Å²) in [5, 5.41) is 3.12. The van der Waals surface area contributed by atoms with Gasteiger partial charge in [-0.1, -0.05) is 71.6 Å². The zero-order valence-corrected chi connectivity index (χ0v) is 15.5. The molecule has 1 atom stereocenters. The van der Waals surface area contributed by atoms with Gasteiger partial charge < -0.3 is 11.1 Å². The molecule has 3 N–H and O–H groups in total. The van der Waals surface area contributed by atoms with Gasteiger partial charge in [0.25, 0.3) is 0 Å². The summed E-state index contributed by atoms with van der Waals surface area (Å²) in [6, 6.07) is 0.0866. The number of nitrogens with two attached hydrogens (primary N) is 1. The van der Waals surface area contributed by atoms with Crippen LogP contribution in [0.15, 0.2) is 0 Å². The minimum absolute atomic E-state index is 0.0866. The van der Waals surface area contributed by atoms with Crippen LogP contribution in [0.2, 0.25) is 0 Å².